The lowest BCUT2D eigenvalue weighted by molar-refractivity contribution is -0.113. The number of carbonyl (C=O) groups is 1. The molecule has 1 aromatic rings. The van der Waals surface area contributed by atoms with E-state index in [4.69, 9.17) is 5.73 Å². The fourth-order valence-corrected chi connectivity index (χ4v) is 1.31. The van der Waals surface area contributed by atoms with Crippen LogP contribution in [-0.2, 0) is 4.79 Å². The van der Waals surface area contributed by atoms with Crippen LogP contribution in [0.25, 0.3) is 0 Å². The molecule has 0 saturated carbocycles. The van der Waals surface area contributed by atoms with E-state index in [-0.39, 0.29) is 21.9 Å². The number of carbonyl (C=O) groups excluding carboxylic acids is 1. The number of aromatic amines is 1. The number of nitrogens with one attached hydrogen (secondary N) is 1. The van der Waals surface area contributed by atoms with Gasteiger partial charge in [-0.2, -0.15) is 14.5 Å². The van der Waals surface area contributed by atoms with Crippen molar-refractivity contribution < 1.29 is 4.79 Å². The van der Waals surface area contributed by atoms with Gasteiger partial charge >= 0.3 is 12.0 Å². The van der Waals surface area contributed by atoms with Gasteiger partial charge in [-0.25, -0.2) is 4.79 Å². The number of fused-ring (bicyclic) bond motifs is 1. The molecule has 2 rings (SSSR count). The van der Waals surface area contributed by atoms with Crippen molar-refractivity contribution in [3.8, 4) is 0 Å². The number of nitrogens with zero attached hydrogens (tertiary/aromatic N) is 3. The van der Waals surface area contributed by atoms with Gasteiger partial charge in [-0.05, 0) is 0 Å². The molecule has 14 heavy (non-hydrogen) atoms. The standard InChI is InChI=1S/C7H7N5O2/c1-12(3-13)2-9-5-4(12)6(14)11-7(8)10-5/h2-3H,1H3,(H2-,8,10,11,14)/p+1. The van der Waals surface area contributed by atoms with Crippen LogP contribution < -0.4 is 15.8 Å². The first-order valence-corrected chi connectivity index (χ1v) is 3.84. The molecule has 72 valence electrons. The van der Waals surface area contributed by atoms with Crippen LogP contribution in [0, 0.1) is 0 Å². The molecule has 0 spiro atoms. The molecular weight excluding hydrogens is 186 g/mol. The smallest absolute Gasteiger partial charge is 0.317 e. The molecule has 0 aromatic carbocycles. The normalized spacial score (nSPS) is 23.5. The number of hydrogen-bond donors (Lipinski definition) is 2. The minimum absolute atomic E-state index is 0.00903. The Labute approximate surface area is 78.5 Å². The van der Waals surface area contributed by atoms with Crippen LogP contribution in [0.4, 0.5) is 17.5 Å². The monoisotopic (exact) mass is 194 g/mol. The third-order valence-corrected chi connectivity index (χ3v) is 2.02. The summed E-state index contributed by atoms with van der Waals surface area (Å²) in [6.45, 7) is 0. The number of quaternary nitrogens is 1. The number of amides is 1. The molecule has 1 aromatic heterocycles. The molecule has 0 bridgehead atoms. The molecular formula is C7H8N5O2+. The number of nitrogen functional groups attached to an aromatic ring is 1. The van der Waals surface area contributed by atoms with Gasteiger partial charge in [0.2, 0.25) is 18.1 Å². The summed E-state index contributed by atoms with van der Waals surface area (Å²) in [7, 11) is 1.54. The Kier molecular flexibility index (Phi) is 1.52. The lowest BCUT2D eigenvalue weighted by atomic mass is 10.4. The average molecular weight is 194 g/mol. The van der Waals surface area contributed by atoms with Crippen molar-refractivity contribution in [3.63, 3.8) is 0 Å². The highest BCUT2D eigenvalue weighted by atomic mass is 16.2. The third-order valence-electron chi connectivity index (χ3n) is 2.02. The van der Waals surface area contributed by atoms with Crippen LogP contribution in [0.5, 0.6) is 0 Å². The zero-order chi connectivity index (χ0) is 10.3. The zero-order valence-corrected chi connectivity index (χ0v) is 7.39. The number of aliphatic imine (C=N–C) groups is 1. The number of rotatable bonds is 1. The largest absolute Gasteiger partial charge is 0.369 e. The third kappa shape index (κ3) is 0.958. The van der Waals surface area contributed by atoms with Gasteiger partial charge in [-0.15, -0.1) is 0 Å². The second-order valence-electron chi connectivity index (χ2n) is 3.12. The van der Waals surface area contributed by atoms with E-state index in [1.165, 1.54) is 13.4 Å². The Morgan fingerprint density at radius 1 is 1.64 bits per heavy atom. The zero-order valence-electron chi connectivity index (χ0n) is 7.39. The van der Waals surface area contributed by atoms with Crippen molar-refractivity contribution in [2.24, 2.45) is 4.99 Å². The summed E-state index contributed by atoms with van der Waals surface area (Å²) in [5, 5.41) is 0. The molecule has 1 amide bonds. The minimum Gasteiger partial charge on any atom is -0.369 e. The van der Waals surface area contributed by atoms with E-state index in [2.05, 4.69) is 15.0 Å². The van der Waals surface area contributed by atoms with E-state index in [1.54, 1.807) is 0 Å². The maximum Gasteiger partial charge on any atom is 0.317 e. The Hall–Kier alpha value is -2.02. The van der Waals surface area contributed by atoms with E-state index >= 15 is 0 Å². The van der Waals surface area contributed by atoms with Crippen molar-refractivity contribution in [2.75, 3.05) is 12.8 Å². The van der Waals surface area contributed by atoms with Crippen LogP contribution in [0.1, 0.15) is 0 Å². The van der Waals surface area contributed by atoms with Gasteiger partial charge in [0.25, 0.3) is 5.69 Å². The van der Waals surface area contributed by atoms with Crippen molar-refractivity contribution in [1.82, 2.24) is 14.5 Å². The summed E-state index contributed by atoms with van der Waals surface area (Å²) in [6.07, 6.45) is 1.93. The first-order chi connectivity index (χ1) is 6.57. The van der Waals surface area contributed by atoms with Crippen LogP contribution in [0.3, 0.4) is 0 Å². The van der Waals surface area contributed by atoms with Crippen LogP contribution >= 0.6 is 0 Å². The number of H-pyrrole nitrogens is 1. The van der Waals surface area contributed by atoms with E-state index in [0.29, 0.717) is 6.41 Å². The maximum atomic E-state index is 11.5. The topological polar surface area (TPSA) is 101 Å². The highest BCUT2D eigenvalue weighted by Gasteiger charge is 2.36. The predicted molar refractivity (Wildman–Crippen MR) is 51.2 cm³/mol. The molecule has 7 nitrogen and oxygen atoms in total. The summed E-state index contributed by atoms with van der Waals surface area (Å²) < 4.78 is -0.308. The Bertz CT molecular complexity index is 491. The maximum absolute atomic E-state index is 11.5. The van der Waals surface area contributed by atoms with E-state index in [0.717, 1.165) is 0 Å². The molecule has 0 saturated heterocycles. The average Bonchev–Trinajstić information content (AvgIpc) is 2.44. The summed E-state index contributed by atoms with van der Waals surface area (Å²) in [5.74, 6) is 0.186. The summed E-state index contributed by atoms with van der Waals surface area (Å²) in [6, 6.07) is 0. The molecule has 0 fully saturated rings. The van der Waals surface area contributed by atoms with Crippen molar-refractivity contribution >= 4 is 30.2 Å². The second-order valence-corrected chi connectivity index (χ2v) is 3.12. The number of hydrogen-bond acceptors (Lipinski definition) is 5. The number of nitrogens with two attached hydrogens (primary N) is 1. The lowest BCUT2D eigenvalue weighted by Crippen LogP contribution is -2.43. The molecule has 0 radical (unpaired) electrons. The number of anilines is 1. The second kappa shape index (κ2) is 2.48. The van der Waals surface area contributed by atoms with Crippen molar-refractivity contribution in [2.45, 2.75) is 0 Å². The van der Waals surface area contributed by atoms with Gasteiger partial charge in [0.05, 0.1) is 7.05 Å². The van der Waals surface area contributed by atoms with Gasteiger partial charge in [-0.3, -0.25) is 9.78 Å². The summed E-state index contributed by atoms with van der Waals surface area (Å²) in [4.78, 5) is 32.2. The van der Waals surface area contributed by atoms with E-state index < -0.39 is 5.56 Å². The summed E-state index contributed by atoms with van der Waals surface area (Å²) >= 11 is 0. The first-order valence-electron chi connectivity index (χ1n) is 3.84. The SMILES string of the molecule is C[N+]1(C=O)C=Nc2nc(N)[nH]c(=O)c21. The highest BCUT2D eigenvalue weighted by molar-refractivity contribution is 5.98. The van der Waals surface area contributed by atoms with Crippen LogP contribution in [0.15, 0.2) is 9.79 Å². The molecule has 1 unspecified atom stereocenters. The van der Waals surface area contributed by atoms with Gasteiger partial charge < -0.3 is 5.73 Å². The molecule has 0 aliphatic carbocycles. The summed E-state index contributed by atoms with van der Waals surface area (Å²) in [5.41, 5.74) is 5.07. The molecule has 3 N–H and O–H groups in total. The first kappa shape index (κ1) is 8.57. The molecule has 2 heterocycles. The molecule has 1 atom stereocenters. The lowest BCUT2D eigenvalue weighted by Gasteiger charge is -2.14. The van der Waals surface area contributed by atoms with Gasteiger partial charge in [0.15, 0.2) is 0 Å². The number of aromatic nitrogens is 2. The fourth-order valence-electron chi connectivity index (χ4n) is 1.31. The van der Waals surface area contributed by atoms with Gasteiger partial charge in [0.1, 0.15) is 0 Å². The van der Waals surface area contributed by atoms with E-state index in [1.807, 2.05) is 0 Å². The quantitative estimate of drug-likeness (QED) is 0.447. The minimum atomic E-state index is -0.445. The molecule has 1 aliphatic rings. The highest BCUT2D eigenvalue weighted by Crippen LogP contribution is 2.29. The molecule has 1 aliphatic heterocycles. The van der Waals surface area contributed by atoms with Gasteiger partial charge in [0, 0.05) is 0 Å². The Morgan fingerprint density at radius 3 is 3.00 bits per heavy atom. The molecule has 7 heteroatoms. The van der Waals surface area contributed by atoms with Crippen LogP contribution in [-0.4, -0.2) is 29.8 Å². The Morgan fingerprint density at radius 2 is 2.36 bits per heavy atom. The fraction of sp³-hybridized carbons (Fsp3) is 0.143. The van der Waals surface area contributed by atoms with Crippen LogP contribution in [0.2, 0.25) is 0 Å². The Balaban J connectivity index is 2.78. The van der Waals surface area contributed by atoms with E-state index in [9.17, 15) is 9.59 Å². The predicted octanol–water partition coefficient (Wildman–Crippen LogP) is -0.881. The van der Waals surface area contributed by atoms with Crippen molar-refractivity contribution in [3.05, 3.63) is 10.4 Å². The van der Waals surface area contributed by atoms with Crippen molar-refractivity contribution in [1.29, 1.82) is 0 Å². The van der Waals surface area contributed by atoms with Gasteiger partial charge in [-0.1, -0.05) is 0 Å².